The Morgan fingerprint density at radius 1 is 1.15 bits per heavy atom. The highest BCUT2D eigenvalue weighted by atomic mass is 35.5. The van der Waals surface area contributed by atoms with Crippen LogP contribution < -0.4 is 10.6 Å². The van der Waals surface area contributed by atoms with Crippen LogP contribution >= 0.6 is 34.7 Å². The third-order valence-corrected chi connectivity index (χ3v) is 6.66. The first-order chi connectivity index (χ1) is 16.0. The van der Waals surface area contributed by atoms with E-state index in [0.717, 1.165) is 10.2 Å². The Balaban J connectivity index is 1.36. The summed E-state index contributed by atoms with van der Waals surface area (Å²) >= 11 is 8.54. The molecule has 4 aromatic rings. The molecule has 0 aliphatic carbocycles. The monoisotopic (exact) mass is 498 g/mol. The summed E-state index contributed by atoms with van der Waals surface area (Å²) in [4.78, 5) is 29.2. The van der Waals surface area contributed by atoms with Crippen molar-refractivity contribution < 1.29 is 9.59 Å². The predicted molar refractivity (Wildman–Crippen MR) is 132 cm³/mol. The molecule has 0 saturated heterocycles. The number of benzene rings is 2. The maximum absolute atomic E-state index is 12.4. The van der Waals surface area contributed by atoms with Crippen molar-refractivity contribution in [3.8, 4) is 0 Å². The van der Waals surface area contributed by atoms with Crippen LogP contribution in [0.5, 0.6) is 0 Å². The second kappa shape index (κ2) is 10.6. The molecule has 8 nitrogen and oxygen atoms in total. The van der Waals surface area contributed by atoms with Crippen LogP contribution in [0, 0.1) is 0 Å². The minimum Gasteiger partial charge on any atom is -0.345 e. The molecule has 0 saturated carbocycles. The van der Waals surface area contributed by atoms with Gasteiger partial charge in [-0.1, -0.05) is 52.9 Å². The number of fused-ring (bicyclic) bond motifs is 1. The zero-order valence-electron chi connectivity index (χ0n) is 17.3. The average Bonchev–Trinajstić information content (AvgIpc) is 3.40. The Morgan fingerprint density at radius 2 is 1.94 bits per heavy atom. The number of para-hydroxylation sites is 1. The first-order valence-electron chi connectivity index (χ1n) is 9.88. The fourth-order valence-corrected chi connectivity index (χ4v) is 4.72. The molecule has 0 aliphatic heterocycles. The lowest BCUT2D eigenvalue weighted by Crippen LogP contribution is -2.24. The average molecular weight is 499 g/mol. The number of allylic oxidation sites excluding steroid dienone is 1. The molecule has 0 unspecified atom stereocenters. The van der Waals surface area contributed by atoms with Crippen molar-refractivity contribution in [3.05, 3.63) is 77.6 Å². The number of nitrogens with one attached hydrogen (secondary N) is 2. The number of amides is 2. The number of aromatic nitrogens is 4. The molecule has 0 bridgehead atoms. The molecule has 11 heteroatoms. The van der Waals surface area contributed by atoms with Gasteiger partial charge in [-0.15, -0.1) is 16.8 Å². The molecule has 2 N–H and O–H groups in total. The highest BCUT2D eigenvalue weighted by molar-refractivity contribution is 7.99. The molecule has 0 aliphatic rings. The lowest BCUT2D eigenvalue weighted by molar-refractivity contribution is -0.113. The van der Waals surface area contributed by atoms with Crippen LogP contribution in [0.1, 0.15) is 16.2 Å². The third kappa shape index (κ3) is 5.78. The first-order valence-corrected chi connectivity index (χ1v) is 12.1. The van der Waals surface area contributed by atoms with Crippen LogP contribution in [-0.4, -0.2) is 37.3 Å². The van der Waals surface area contributed by atoms with Crippen molar-refractivity contribution in [3.63, 3.8) is 0 Å². The van der Waals surface area contributed by atoms with Gasteiger partial charge >= 0.3 is 0 Å². The summed E-state index contributed by atoms with van der Waals surface area (Å²) in [6.45, 7) is 4.40. The van der Waals surface area contributed by atoms with Crippen LogP contribution in [0.3, 0.4) is 0 Å². The molecule has 2 aromatic heterocycles. The van der Waals surface area contributed by atoms with Crippen molar-refractivity contribution in [2.45, 2.75) is 18.2 Å². The Labute approximate surface area is 203 Å². The Morgan fingerprint density at radius 3 is 2.70 bits per heavy atom. The molecule has 2 heterocycles. The van der Waals surface area contributed by atoms with Gasteiger partial charge in [0, 0.05) is 17.1 Å². The number of thioether (sulfide) groups is 1. The molecular formula is C22H19ClN6O2S2. The molecule has 0 fully saturated rings. The first kappa shape index (κ1) is 23.0. The fraction of sp³-hybridized carbons (Fsp3) is 0.136. The predicted octanol–water partition coefficient (Wildman–Crippen LogP) is 4.39. The zero-order chi connectivity index (χ0) is 23.2. The molecule has 0 radical (unpaired) electrons. The van der Waals surface area contributed by atoms with Gasteiger partial charge in [0.25, 0.3) is 5.91 Å². The standard InChI is InChI=1S/C22H19ClN6O2S2/c1-2-11-29-18(12-24-20(31)14-7-9-15(23)10-8-14)27-28-22(29)32-13-19(30)26-21-25-16-5-3-4-6-17(16)33-21/h2-10H,1,11-13H2,(H,24,31)(H,25,26,30). The van der Waals surface area contributed by atoms with E-state index < -0.39 is 0 Å². The summed E-state index contributed by atoms with van der Waals surface area (Å²) in [5.74, 6) is 0.267. The highest BCUT2D eigenvalue weighted by Gasteiger charge is 2.15. The van der Waals surface area contributed by atoms with Gasteiger partial charge in [-0.25, -0.2) is 4.98 Å². The van der Waals surface area contributed by atoms with Crippen molar-refractivity contribution >= 4 is 61.9 Å². The van der Waals surface area contributed by atoms with E-state index in [9.17, 15) is 9.59 Å². The van der Waals surface area contributed by atoms with Crippen LogP contribution in [0.25, 0.3) is 10.2 Å². The van der Waals surface area contributed by atoms with E-state index in [-0.39, 0.29) is 24.1 Å². The smallest absolute Gasteiger partial charge is 0.251 e. The summed E-state index contributed by atoms with van der Waals surface area (Å²) in [5, 5.41) is 15.7. The van der Waals surface area contributed by atoms with E-state index >= 15 is 0 Å². The number of halogens is 1. The van der Waals surface area contributed by atoms with E-state index in [1.165, 1.54) is 23.1 Å². The Kier molecular flexibility index (Phi) is 7.38. The van der Waals surface area contributed by atoms with Gasteiger partial charge in [-0.3, -0.25) is 9.59 Å². The number of hydrogen-bond acceptors (Lipinski definition) is 7. The van der Waals surface area contributed by atoms with E-state index in [4.69, 9.17) is 11.6 Å². The van der Waals surface area contributed by atoms with Crippen LogP contribution in [0.4, 0.5) is 5.13 Å². The lowest BCUT2D eigenvalue weighted by atomic mass is 10.2. The summed E-state index contributed by atoms with van der Waals surface area (Å²) in [5.41, 5.74) is 1.34. The summed E-state index contributed by atoms with van der Waals surface area (Å²) in [6, 6.07) is 14.3. The van der Waals surface area contributed by atoms with Gasteiger partial charge in [0.2, 0.25) is 5.91 Å². The van der Waals surface area contributed by atoms with Gasteiger partial charge in [0.15, 0.2) is 16.1 Å². The number of rotatable bonds is 9. The van der Waals surface area contributed by atoms with Crippen molar-refractivity contribution in [1.29, 1.82) is 0 Å². The second-order valence-corrected chi connectivity index (χ2v) is 9.22. The van der Waals surface area contributed by atoms with Gasteiger partial charge < -0.3 is 15.2 Å². The number of hydrogen-bond donors (Lipinski definition) is 2. The molecule has 168 valence electrons. The van der Waals surface area contributed by atoms with Crippen LogP contribution in [0.15, 0.2) is 66.3 Å². The highest BCUT2D eigenvalue weighted by Crippen LogP contribution is 2.26. The molecule has 0 atom stereocenters. The number of thiazole rings is 1. The van der Waals surface area contributed by atoms with Crippen molar-refractivity contribution in [2.75, 3.05) is 11.1 Å². The number of carbonyl (C=O) groups excluding carboxylic acids is 2. The van der Waals surface area contributed by atoms with E-state index in [0.29, 0.717) is 33.2 Å². The second-order valence-electron chi connectivity index (χ2n) is 6.81. The number of anilines is 1. The van der Waals surface area contributed by atoms with Crippen LogP contribution in [0.2, 0.25) is 5.02 Å². The van der Waals surface area contributed by atoms with E-state index in [1.54, 1.807) is 30.3 Å². The number of carbonyl (C=O) groups is 2. The van der Waals surface area contributed by atoms with Gasteiger partial charge in [0.1, 0.15) is 0 Å². The maximum Gasteiger partial charge on any atom is 0.251 e. The topological polar surface area (TPSA) is 102 Å². The molecule has 2 aromatic carbocycles. The molecule has 33 heavy (non-hydrogen) atoms. The van der Waals surface area contributed by atoms with E-state index in [2.05, 4.69) is 32.4 Å². The van der Waals surface area contributed by atoms with Crippen LogP contribution in [-0.2, 0) is 17.9 Å². The van der Waals surface area contributed by atoms with Crippen molar-refractivity contribution in [2.24, 2.45) is 0 Å². The third-order valence-electron chi connectivity index (χ3n) is 4.49. The SMILES string of the molecule is C=CCn1c(CNC(=O)c2ccc(Cl)cc2)nnc1SCC(=O)Nc1nc2ccccc2s1. The Bertz CT molecular complexity index is 1270. The summed E-state index contributed by atoms with van der Waals surface area (Å²) < 4.78 is 2.82. The molecule has 2 amide bonds. The van der Waals surface area contributed by atoms with E-state index in [1.807, 2.05) is 28.8 Å². The lowest BCUT2D eigenvalue weighted by Gasteiger charge is -2.09. The minimum absolute atomic E-state index is 0.141. The van der Waals surface area contributed by atoms with Gasteiger partial charge in [-0.05, 0) is 36.4 Å². The van der Waals surface area contributed by atoms with Crippen molar-refractivity contribution in [1.82, 2.24) is 25.1 Å². The molecular weight excluding hydrogens is 480 g/mol. The normalized spacial score (nSPS) is 10.8. The molecule has 0 spiro atoms. The van der Waals surface area contributed by atoms with Gasteiger partial charge in [-0.2, -0.15) is 0 Å². The fourth-order valence-electron chi connectivity index (χ4n) is 2.94. The molecule has 4 rings (SSSR count). The minimum atomic E-state index is -0.246. The Hall–Kier alpha value is -3.21. The summed E-state index contributed by atoms with van der Waals surface area (Å²) in [6.07, 6.45) is 1.71. The maximum atomic E-state index is 12.4. The quantitative estimate of drug-likeness (QED) is 0.262. The zero-order valence-corrected chi connectivity index (χ0v) is 19.7. The number of nitrogens with zero attached hydrogens (tertiary/aromatic N) is 4. The summed E-state index contributed by atoms with van der Waals surface area (Å²) in [7, 11) is 0. The largest absolute Gasteiger partial charge is 0.345 e. The van der Waals surface area contributed by atoms with Gasteiger partial charge in [0.05, 0.1) is 22.5 Å².